The van der Waals surface area contributed by atoms with Gasteiger partial charge < -0.3 is 4.42 Å². The summed E-state index contributed by atoms with van der Waals surface area (Å²) in [4.78, 5) is 0. The van der Waals surface area contributed by atoms with Crippen LogP contribution in [0.25, 0.3) is 77.6 Å². The van der Waals surface area contributed by atoms with Crippen molar-refractivity contribution in [1.82, 2.24) is 0 Å². The Hall–Kier alpha value is -6.44. The third-order valence-corrected chi connectivity index (χ3v) is 17.5. The van der Waals surface area contributed by atoms with Gasteiger partial charge in [-0.2, -0.15) is 0 Å². The lowest BCUT2D eigenvalue weighted by molar-refractivity contribution is 0.398. The highest BCUT2D eigenvalue weighted by atomic mass is 16.3. The minimum atomic E-state index is -0.127. The van der Waals surface area contributed by atoms with Crippen LogP contribution < -0.4 is 0 Å². The van der Waals surface area contributed by atoms with Crippen LogP contribution in [-0.2, 0) is 22.7 Å². The molecular formula is C73H78O. The molecule has 1 heterocycles. The summed E-state index contributed by atoms with van der Waals surface area (Å²) in [6.45, 7) is 16.3. The van der Waals surface area contributed by atoms with Gasteiger partial charge in [0.2, 0.25) is 0 Å². The zero-order valence-corrected chi connectivity index (χ0v) is 45.6. The largest absolute Gasteiger partial charge is 0.456 e. The molecule has 2 aliphatic rings. The van der Waals surface area contributed by atoms with E-state index in [-0.39, 0.29) is 16.2 Å². The van der Waals surface area contributed by atoms with Crippen molar-refractivity contribution in [3.8, 4) is 55.6 Å². The average molecular weight is 971 g/mol. The molecular weight excluding hydrogens is 893 g/mol. The first-order chi connectivity index (χ1) is 36.0. The SMILES string of the molecule is CCCCCCCCC1(CCCCCCCC)c2ccccc2-c2ccc(-c3ccc4c(c3)C(C)(C)c3cc(-c5ccc(-c6ccc(Cc7ccc8c(c7)oc7c(C(C)(C)C)cccc78)cc6)cc5)ccc3-4)cc21. The molecule has 0 bridgehead atoms. The Kier molecular flexibility index (Phi) is 13.9. The summed E-state index contributed by atoms with van der Waals surface area (Å²) >= 11 is 0. The van der Waals surface area contributed by atoms with Gasteiger partial charge in [-0.25, -0.2) is 0 Å². The van der Waals surface area contributed by atoms with Crippen molar-refractivity contribution in [2.75, 3.05) is 0 Å². The predicted molar refractivity (Wildman–Crippen MR) is 318 cm³/mol. The van der Waals surface area contributed by atoms with Crippen LogP contribution in [0.3, 0.4) is 0 Å². The first-order valence-electron chi connectivity index (χ1n) is 28.7. The summed E-state index contributed by atoms with van der Waals surface area (Å²) in [7, 11) is 0. The van der Waals surface area contributed by atoms with Crippen LogP contribution in [0.15, 0.2) is 168 Å². The molecule has 0 saturated heterocycles. The molecule has 74 heavy (non-hydrogen) atoms. The highest BCUT2D eigenvalue weighted by Crippen LogP contribution is 2.56. The van der Waals surface area contributed by atoms with Gasteiger partial charge in [0.1, 0.15) is 11.2 Å². The second-order valence-electron chi connectivity index (χ2n) is 23.9. The van der Waals surface area contributed by atoms with Crippen molar-refractivity contribution in [3.05, 3.63) is 203 Å². The zero-order chi connectivity index (χ0) is 51.0. The Morgan fingerprint density at radius 2 is 0.865 bits per heavy atom. The molecule has 376 valence electrons. The minimum Gasteiger partial charge on any atom is -0.456 e. The van der Waals surface area contributed by atoms with Crippen molar-refractivity contribution in [2.45, 2.75) is 161 Å². The van der Waals surface area contributed by atoms with E-state index in [0.717, 1.165) is 17.6 Å². The lowest BCUT2D eigenvalue weighted by Gasteiger charge is -2.33. The van der Waals surface area contributed by atoms with Crippen LogP contribution in [0.4, 0.5) is 0 Å². The standard InChI is InChI=1S/C73H78O/c1-8-10-12-14-16-20-43-73(44-21-17-15-13-11-9-2)64-25-19-18-23-58(64)61-42-38-57(49-68(61)73)56-37-41-60-59-40-36-55(47-66(59)72(6,7)67(60)48-56)54-34-32-53(33-35-54)52-30-27-50(28-31-52)45-51-29-39-62-63-24-22-26-65(71(3,4)5)70(63)74-69(62)46-51/h18-19,22-42,46-49H,8-17,20-21,43-45H2,1-7H3. The monoisotopic (exact) mass is 971 g/mol. The molecule has 2 aliphatic carbocycles. The van der Waals surface area contributed by atoms with Crippen molar-refractivity contribution in [2.24, 2.45) is 0 Å². The van der Waals surface area contributed by atoms with Gasteiger partial charge >= 0.3 is 0 Å². The summed E-state index contributed by atoms with van der Waals surface area (Å²) < 4.78 is 6.53. The molecule has 11 rings (SSSR count). The van der Waals surface area contributed by atoms with E-state index in [1.54, 1.807) is 11.1 Å². The summed E-state index contributed by atoms with van der Waals surface area (Å²) in [5, 5.41) is 2.39. The highest BCUT2D eigenvalue weighted by molar-refractivity contribution is 6.06. The van der Waals surface area contributed by atoms with Crippen LogP contribution in [0, 0.1) is 0 Å². The fraction of sp³-hybridized carbons (Fsp3) is 0.342. The zero-order valence-electron chi connectivity index (χ0n) is 45.6. The quantitative estimate of drug-likeness (QED) is 0.0736. The van der Waals surface area contributed by atoms with E-state index in [1.165, 1.54) is 184 Å². The molecule has 0 aliphatic heterocycles. The number of unbranched alkanes of at least 4 members (excludes halogenated alkanes) is 10. The molecule has 0 saturated carbocycles. The molecule has 0 unspecified atom stereocenters. The molecule has 1 nitrogen and oxygen atoms in total. The van der Waals surface area contributed by atoms with Crippen molar-refractivity contribution in [1.29, 1.82) is 0 Å². The Labute approximate surface area is 443 Å². The number of furan rings is 1. The Morgan fingerprint density at radius 3 is 1.46 bits per heavy atom. The van der Waals surface area contributed by atoms with Gasteiger partial charge in [0.05, 0.1) is 0 Å². The molecule has 0 fully saturated rings. The van der Waals surface area contributed by atoms with E-state index < -0.39 is 0 Å². The molecule has 0 N–H and O–H groups in total. The van der Waals surface area contributed by atoms with Crippen LogP contribution in [-0.4, -0.2) is 0 Å². The lowest BCUT2D eigenvalue weighted by atomic mass is 9.70. The Balaban J connectivity index is 0.812. The van der Waals surface area contributed by atoms with Gasteiger partial charge in [-0.1, -0.05) is 265 Å². The van der Waals surface area contributed by atoms with E-state index in [0.29, 0.717) is 0 Å². The maximum absolute atomic E-state index is 6.53. The first kappa shape index (κ1) is 49.8. The molecule has 0 radical (unpaired) electrons. The fourth-order valence-electron chi connectivity index (χ4n) is 13.3. The van der Waals surface area contributed by atoms with Crippen molar-refractivity contribution < 1.29 is 4.42 Å². The third kappa shape index (κ3) is 9.39. The van der Waals surface area contributed by atoms with E-state index in [2.05, 4.69) is 212 Å². The topological polar surface area (TPSA) is 13.1 Å². The van der Waals surface area contributed by atoms with Gasteiger partial charge in [0.15, 0.2) is 0 Å². The molecule has 9 aromatic rings. The smallest absolute Gasteiger partial charge is 0.139 e. The normalized spacial score (nSPS) is 14.1. The number of hydrogen-bond donors (Lipinski definition) is 0. The number of benzene rings is 8. The molecule has 1 aromatic heterocycles. The lowest BCUT2D eigenvalue weighted by Crippen LogP contribution is -2.25. The molecule has 0 spiro atoms. The van der Waals surface area contributed by atoms with Gasteiger partial charge in [-0.15, -0.1) is 0 Å². The molecule has 1 heteroatoms. The van der Waals surface area contributed by atoms with Crippen LogP contribution >= 0.6 is 0 Å². The summed E-state index contributed by atoms with van der Waals surface area (Å²) in [6.07, 6.45) is 19.4. The maximum Gasteiger partial charge on any atom is 0.139 e. The number of rotatable bonds is 19. The number of para-hydroxylation sites is 1. The van der Waals surface area contributed by atoms with Gasteiger partial charge in [0.25, 0.3) is 0 Å². The van der Waals surface area contributed by atoms with Crippen molar-refractivity contribution >= 4 is 21.9 Å². The number of fused-ring (bicyclic) bond motifs is 9. The van der Waals surface area contributed by atoms with Gasteiger partial charge in [-0.05, 0) is 138 Å². The Bertz CT molecular complexity index is 3420. The molecule has 8 aromatic carbocycles. The second-order valence-corrected chi connectivity index (χ2v) is 23.9. The summed E-state index contributed by atoms with van der Waals surface area (Å²) in [5.74, 6) is 0. The van der Waals surface area contributed by atoms with E-state index >= 15 is 0 Å². The maximum atomic E-state index is 6.53. The van der Waals surface area contributed by atoms with Gasteiger partial charge in [0, 0.05) is 27.2 Å². The van der Waals surface area contributed by atoms with E-state index in [1.807, 2.05) is 0 Å². The van der Waals surface area contributed by atoms with Crippen LogP contribution in [0.2, 0.25) is 0 Å². The van der Waals surface area contributed by atoms with Gasteiger partial charge in [-0.3, -0.25) is 0 Å². The summed E-state index contributed by atoms with van der Waals surface area (Å²) in [6, 6.07) is 63.1. The highest BCUT2D eigenvalue weighted by Gasteiger charge is 2.42. The minimum absolute atomic E-state index is 0.0178. The Morgan fingerprint density at radius 1 is 0.392 bits per heavy atom. The first-order valence-corrected chi connectivity index (χ1v) is 28.7. The summed E-state index contributed by atoms with van der Waals surface area (Å²) in [5.41, 5.74) is 25.1. The number of hydrogen-bond acceptors (Lipinski definition) is 1. The fourth-order valence-corrected chi connectivity index (χ4v) is 13.3. The average Bonchev–Trinajstić information content (AvgIpc) is 4.00. The second kappa shape index (κ2) is 20.7. The van der Waals surface area contributed by atoms with E-state index in [9.17, 15) is 0 Å². The van der Waals surface area contributed by atoms with Crippen LogP contribution in [0.5, 0.6) is 0 Å². The van der Waals surface area contributed by atoms with Crippen LogP contribution in [0.1, 0.15) is 177 Å². The van der Waals surface area contributed by atoms with Crippen molar-refractivity contribution in [3.63, 3.8) is 0 Å². The predicted octanol–water partition coefficient (Wildman–Crippen LogP) is 21.5. The third-order valence-electron chi connectivity index (χ3n) is 17.5. The van der Waals surface area contributed by atoms with E-state index in [4.69, 9.17) is 4.42 Å². The molecule has 0 amide bonds. The molecule has 0 atom stereocenters.